The molecule has 2 atom stereocenters. The molecule has 0 amide bonds. The first-order valence-electron chi connectivity index (χ1n) is 7.84. The maximum absolute atomic E-state index is 5.94. The molecule has 1 saturated heterocycles. The number of nitrogens with zero attached hydrogens (tertiary/aromatic N) is 4. The van der Waals surface area contributed by atoms with Crippen molar-refractivity contribution in [1.82, 2.24) is 20.1 Å². The van der Waals surface area contributed by atoms with Crippen LogP contribution in [0, 0.1) is 6.92 Å². The highest BCUT2D eigenvalue weighted by atomic mass is 16.5. The molecule has 0 radical (unpaired) electrons. The van der Waals surface area contributed by atoms with Crippen LogP contribution in [0.2, 0.25) is 0 Å². The number of aryl methyl sites for hydroxylation is 1. The second kappa shape index (κ2) is 7.14. The fraction of sp³-hybridized carbons (Fsp3) is 0.562. The Morgan fingerprint density at radius 1 is 1.25 bits per heavy atom. The molecular formula is C16H22N4O4. The maximum atomic E-state index is 5.94. The van der Waals surface area contributed by atoms with Gasteiger partial charge >= 0.3 is 0 Å². The molecule has 8 nitrogen and oxygen atoms in total. The SMILES string of the molecule is COc1ccnc(CN2C[C@@H](C)O[C@@H](c3nnc(C)o3)C2)c1OC. The molecule has 0 unspecified atom stereocenters. The molecule has 130 valence electrons. The summed E-state index contributed by atoms with van der Waals surface area (Å²) in [6, 6.07) is 1.79. The normalized spacial score (nSPS) is 21.7. The third-order valence-electron chi connectivity index (χ3n) is 3.89. The molecule has 3 rings (SSSR count). The van der Waals surface area contributed by atoms with Gasteiger partial charge in [0, 0.05) is 38.8 Å². The van der Waals surface area contributed by atoms with Crippen LogP contribution in [-0.2, 0) is 11.3 Å². The van der Waals surface area contributed by atoms with E-state index >= 15 is 0 Å². The van der Waals surface area contributed by atoms with Gasteiger partial charge in [-0.15, -0.1) is 10.2 Å². The number of pyridine rings is 1. The number of hydrogen-bond donors (Lipinski definition) is 0. The zero-order chi connectivity index (χ0) is 17.1. The van der Waals surface area contributed by atoms with Gasteiger partial charge in [-0.05, 0) is 6.92 Å². The van der Waals surface area contributed by atoms with Crippen molar-refractivity contribution in [2.24, 2.45) is 0 Å². The molecule has 1 aliphatic heterocycles. The van der Waals surface area contributed by atoms with Crippen molar-refractivity contribution >= 4 is 0 Å². The van der Waals surface area contributed by atoms with Crippen LogP contribution in [0.4, 0.5) is 0 Å². The molecule has 24 heavy (non-hydrogen) atoms. The Hall–Kier alpha value is -2.19. The van der Waals surface area contributed by atoms with E-state index in [1.54, 1.807) is 33.4 Å². The molecule has 1 fully saturated rings. The fourth-order valence-electron chi connectivity index (χ4n) is 2.92. The number of methoxy groups -OCH3 is 2. The number of aromatic nitrogens is 3. The minimum atomic E-state index is -0.244. The van der Waals surface area contributed by atoms with Gasteiger partial charge in [0.15, 0.2) is 11.5 Å². The van der Waals surface area contributed by atoms with E-state index in [2.05, 4.69) is 20.1 Å². The largest absolute Gasteiger partial charge is 0.493 e. The average Bonchev–Trinajstić information content (AvgIpc) is 3.00. The Morgan fingerprint density at radius 2 is 2.08 bits per heavy atom. The molecule has 0 spiro atoms. The van der Waals surface area contributed by atoms with E-state index in [-0.39, 0.29) is 12.2 Å². The highest BCUT2D eigenvalue weighted by molar-refractivity contribution is 5.42. The van der Waals surface area contributed by atoms with Gasteiger partial charge in [-0.25, -0.2) is 0 Å². The van der Waals surface area contributed by atoms with Gasteiger partial charge in [-0.2, -0.15) is 0 Å². The number of morpholine rings is 1. The second-order valence-electron chi connectivity index (χ2n) is 5.78. The highest BCUT2D eigenvalue weighted by Gasteiger charge is 2.31. The summed E-state index contributed by atoms with van der Waals surface area (Å²) >= 11 is 0. The summed E-state index contributed by atoms with van der Waals surface area (Å²) in [4.78, 5) is 6.68. The molecule has 0 N–H and O–H groups in total. The molecular weight excluding hydrogens is 312 g/mol. The topological polar surface area (TPSA) is 82.7 Å². The van der Waals surface area contributed by atoms with Gasteiger partial charge in [-0.3, -0.25) is 9.88 Å². The predicted octanol–water partition coefficient (Wildman–Crippen LogP) is 1.75. The summed E-state index contributed by atoms with van der Waals surface area (Å²) < 4.78 is 22.3. The molecule has 3 heterocycles. The number of rotatable bonds is 5. The van der Waals surface area contributed by atoms with E-state index in [1.165, 1.54) is 0 Å². The Balaban J connectivity index is 1.77. The van der Waals surface area contributed by atoms with Gasteiger partial charge < -0.3 is 18.6 Å². The third kappa shape index (κ3) is 3.49. The van der Waals surface area contributed by atoms with Crippen molar-refractivity contribution in [3.05, 3.63) is 29.7 Å². The lowest BCUT2D eigenvalue weighted by Crippen LogP contribution is -2.42. The molecule has 0 saturated carbocycles. The minimum Gasteiger partial charge on any atom is -0.493 e. The van der Waals surface area contributed by atoms with Crippen LogP contribution in [0.15, 0.2) is 16.7 Å². The molecule has 0 aromatic carbocycles. The summed E-state index contributed by atoms with van der Waals surface area (Å²) in [5.41, 5.74) is 0.825. The average molecular weight is 334 g/mol. The van der Waals surface area contributed by atoms with E-state index in [9.17, 15) is 0 Å². The zero-order valence-electron chi connectivity index (χ0n) is 14.4. The van der Waals surface area contributed by atoms with E-state index in [4.69, 9.17) is 18.6 Å². The van der Waals surface area contributed by atoms with Crippen LogP contribution in [0.25, 0.3) is 0 Å². The molecule has 8 heteroatoms. The zero-order valence-corrected chi connectivity index (χ0v) is 14.4. The molecule has 1 aliphatic rings. The quantitative estimate of drug-likeness (QED) is 0.818. The van der Waals surface area contributed by atoms with E-state index < -0.39 is 0 Å². The first-order chi connectivity index (χ1) is 11.6. The van der Waals surface area contributed by atoms with Crippen molar-refractivity contribution < 1.29 is 18.6 Å². The lowest BCUT2D eigenvalue weighted by Gasteiger charge is -2.35. The smallest absolute Gasteiger partial charge is 0.246 e. The third-order valence-corrected chi connectivity index (χ3v) is 3.89. The summed E-state index contributed by atoms with van der Waals surface area (Å²) in [5.74, 6) is 2.38. The van der Waals surface area contributed by atoms with Gasteiger partial charge in [0.25, 0.3) is 0 Å². The maximum Gasteiger partial charge on any atom is 0.246 e. The van der Waals surface area contributed by atoms with Gasteiger partial charge in [0.05, 0.1) is 20.3 Å². The number of hydrogen-bond acceptors (Lipinski definition) is 8. The van der Waals surface area contributed by atoms with Crippen molar-refractivity contribution in [3.63, 3.8) is 0 Å². The lowest BCUT2D eigenvalue weighted by atomic mass is 10.2. The summed E-state index contributed by atoms with van der Waals surface area (Å²) in [5, 5.41) is 7.96. The van der Waals surface area contributed by atoms with Crippen molar-refractivity contribution in [3.8, 4) is 11.5 Å². The highest BCUT2D eigenvalue weighted by Crippen LogP contribution is 2.31. The van der Waals surface area contributed by atoms with Crippen LogP contribution < -0.4 is 9.47 Å². The van der Waals surface area contributed by atoms with Gasteiger partial charge in [-0.1, -0.05) is 0 Å². The predicted molar refractivity (Wildman–Crippen MR) is 84.9 cm³/mol. The van der Waals surface area contributed by atoms with Crippen molar-refractivity contribution in [1.29, 1.82) is 0 Å². The molecule has 2 aromatic rings. The monoisotopic (exact) mass is 334 g/mol. The Bertz CT molecular complexity index is 690. The van der Waals surface area contributed by atoms with Crippen molar-refractivity contribution in [2.45, 2.75) is 32.6 Å². The summed E-state index contributed by atoms with van der Waals surface area (Å²) in [7, 11) is 3.24. The van der Waals surface area contributed by atoms with Crippen LogP contribution in [-0.4, -0.2) is 53.5 Å². The fourth-order valence-corrected chi connectivity index (χ4v) is 2.92. The summed E-state index contributed by atoms with van der Waals surface area (Å²) in [6.07, 6.45) is 1.53. The standard InChI is InChI=1S/C16H22N4O4/c1-10-7-20(9-14(23-10)16-19-18-11(2)24-16)8-12-15(22-4)13(21-3)5-6-17-12/h5-6,10,14H,7-9H2,1-4H3/t10-,14-/m1/s1. The molecule has 0 bridgehead atoms. The van der Waals surface area contributed by atoms with Gasteiger partial charge in [0.2, 0.25) is 11.8 Å². The second-order valence-corrected chi connectivity index (χ2v) is 5.78. The first kappa shape index (κ1) is 16.7. The molecule has 0 aliphatic carbocycles. The van der Waals surface area contributed by atoms with Gasteiger partial charge in [0.1, 0.15) is 11.8 Å². The van der Waals surface area contributed by atoms with Crippen LogP contribution in [0.3, 0.4) is 0 Å². The lowest BCUT2D eigenvalue weighted by molar-refractivity contribution is -0.0921. The van der Waals surface area contributed by atoms with Crippen LogP contribution in [0.1, 0.15) is 30.5 Å². The summed E-state index contributed by atoms with van der Waals surface area (Å²) in [6.45, 7) is 5.85. The van der Waals surface area contributed by atoms with Crippen LogP contribution >= 0.6 is 0 Å². The Morgan fingerprint density at radius 3 is 2.75 bits per heavy atom. The Kier molecular flexibility index (Phi) is 4.96. The number of ether oxygens (including phenoxy) is 3. The van der Waals surface area contributed by atoms with Crippen molar-refractivity contribution in [2.75, 3.05) is 27.3 Å². The minimum absolute atomic E-state index is 0.0487. The van der Waals surface area contributed by atoms with E-state index in [0.29, 0.717) is 36.4 Å². The first-order valence-corrected chi connectivity index (χ1v) is 7.84. The van der Waals surface area contributed by atoms with E-state index in [0.717, 1.165) is 12.2 Å². The van der Waals surface area contributed by atoms with Crippen LogP contribution in [0.5, 0.6) is 11.5 Å². The van der Waals surface area contributed by atoms with E-state index in [1.807, 2.05) is 6.92 Å². The Labute approximate surface area is 140 Å². The molecule has 2 aromatic heterocycles.